The molecule has 0 aliphatic rings. The normalized spacial score (nSPS) is 14.5. The van der Waals surface area contributed by atoms with Crippen molar-refractivity contribution in [3.05, 3.63) is 28.4 Å². The molecule has 0 bridgehead atoms. The molecule has 0 saturated carbocycles. The number of carboxylic acid groups (broad SMARTS) is 1. The molecule has 1 atom stereocenters. The standard InChI is InChI=1S/C12H15I3N2O2/c1-17(2)6-12(16,11(18)19)5-8-9(14)3-7(13)4-10(8)15/h3-4H,5-6,16H2,1-2H3,(H,18,19). The number of hydrogen-bond acceptors (Lipinski definition) is 3. The monoisotopic (exact) mass is 600 g/mol. The molecule has 3 N–H and O–H groups in total. The lowest BCUT2D eigenvalue weighted by molar-refractivity contribution is -0.143. The lowest BCUT2D eigenvalue weighted by atomic mass is 9.91. The van der Waals surface area contributed by atoms with Crippen LogP contribution >= 0.6 is 67.8 Å². The van der Waals surface area contributed by atoms with Gasteiger partial charge >= 0.3 is 5.97 Å². The Bertz CT molecular complexity index is 471. The Hall–Kier alpha value is 0.800. The van der Waals surface area contributed by atoms with E-state index in [2.05, 4.69) is 67.8 Å². The Balaban J connectivity index is 3.14. The van der Waals surface area contributed by atoms with E-state index in [9.17, 15) is 9.90 Å². The number of halogens is 3. The van der Waals surface area contributed by atoms with Gasteiger partial charge in [-0.05, 0) is 99.6 Å². The Labute approximate surface area is 153 Å². The minimum absolute atomic E-state index is 0.306. The van der Waals surface area contributed by atoms with Crippen molar-refractivity contribution < 1.29 is 9.90 Å². The fourth-order valence-corrected chi connectivity index (χ4v) is 5.78. The smallest absolute Gasteiger partial charge is 0.325 e. The first-order chi connectivity index (χ1) is 8.65. The van der Waals surface area contributed by atoms with Crippen LogP contribution in [0.2, 0.25) is 0 Å². The van der Waals surface area contributed by atoms with Gasteiger partial charge in [0.1, 0.15) is 5.54 Å². The first-order valence-electron chi connectivity index (χ1n) is 5.46. The predicted molar refractivity (Wildman–Crippen MR) is 101 cm³/mol. The molecule has 0 aromatic heterocycles. The zero-order valence-electron chi connectivity index (χ0n) is 10.6. The first-order valence-corrected chi connectivity index (χ1v) is 8.70. The van der Waals surface area contributed by atoms with E-state index in [0.717, 1.165) is 16.3 Å². The van der Waals surface area contributed by atoms with Crippen LogP contribution in [0.5, 0.6) is 0 Å². The molecule has 0 heterocycles. The highest BCUT2D eigenvalue weighted by atomic mass is 127. The number of aliphatic carboxylic acids is 1. The second-order valence-electron chi connectivity index (χ2n) is 4.72. The second kappa shape index (κ2) is 7.18. The fourth-order valence-electron chi connectivity index (χ4n) is 1.82. The molecule has 0 radical (unpaired) electrons. The summed E-state index contributed by atoms with van der Waals surface area (Å²) in [5.74, 6) is -0.966. The zero-order valence-corrected chi connectivity index (χ0v) is 17.1. The van der Waals surface area contributed by atoms with E-state index < -0.39 is 11.5 Å². The zero-order chi connectivity index (χ0) is 14.8. The van der Waals surface area contributed by atoms with E-state index in [0.29, 0.717) is 13.0 Å². The van der Waals surface area contributed by atoms with E-state index in [4.69, 9.17) is 5.73 Å². The van der Waals surface area contributed by atoms with Gasteiger partial charge in [0.2, 0.25) is 0 Å². The molecule has 0 saturated heterocycles. The molecule has 0 amide bonds. The number of nitrogens with zero attached hydrogens (tertiary/aromatic N) is 1. The summed E-state index contributed by atoms with van der Waals surface area (Å²) in [6, 6.07) is 4.08. The number of rotatable bonds is 5. The number of carbonyl (C=O) groups is 1. The maximum Gasteiger partial charge on any atom is 0.325 e. The van der Waals surface area contributed by atoms with Gasteiger partial charge in [-0.1, -0.05) is 0 Å². The van der Waals surface area contributed by atoms with Crippen molar-refractivity contribution >= 4 is 73.7 Å². The highest BCUT2D eigenvalue weighted by Crippen LogP contribution is 2.26. The van der Waals surface area contributed by atoms with E-state index in [-0.39, 0.29) is 0 Å². The Kier molecular flexibility index (Phi) is 6.75. The van der Waals surface area contributed by atoms with Crippen molar-refractivity contribution in [3.63, 3.8) is 0 Å². The van der Waals surface area contributed by atoms with Gasteiger partial charge in [-0.25, -0.2) is 0 Å². The molecule has 0 aliphatic heterocycles. The van der Waals surface area contributed by atoms with Crippen LogP contribution in [0.25, 0.3) is 0 Å². The van der Waals surface area contributed by atoms with Crippen LogP contribution < -0.4 is 5.73 Å². The van der Waals surface area contributed by atoms with Gasteiger partial charge in [0.15, 0.2) is 0 Å². The summed E-state index contributed by atoms with van der Waals surface area (Å²) in [6.45, 7) is 0.306. The molecule has 1 aromatic rings. The maximum absolute atomic E-state index is 11.5. The van der Waals surface area contributed by atoms with Crippen LogP contribution in [0, 0.1) is 10.7 Å². The number of benzene rings is 1. The summed E-state index contributed by atoms with van der Waals surface area (Å²) < 4.78 is 3.26. The maximum atomic E-state index is 11.5. The van der Waals surface area contributed by atoms with Gasteiger partial charge in [-0.15, -0.1) is 0 Å². The molecule has 106 valence electrons. The SMILES string of the molecule is CN(C)CC(N)(Cc1c(I)cc(I)cc1I)C(=O)O. The van der Waals surface area contributed by atoms with Gasteiger partial charge in [0, 0.05) is 23.7 Å². The summed E-state index contributed by atoms with van der Waals surface area (Å²) >= 11 is 6.73. The topological polar surface area (TPSA) is 66.6 Å². The molecule has 0 fully saturated rings. The number of hydrogen-bond donors (Lipinski definition) is 2. The predicted octanol–water partition coefficient (Wildman–Crippen LogP) is 2.39. The summed E-state index contributed by atoms with van der Waals surface area (Å²) in [4.78, 5) is 13.3. The summed E-state index contributed by atoms with van der Waals surface area (Å²) in [5, 5.41) is 9.42. The molecule has 1 rings (SSSR count). The highest BCUT2D eigenvalue weighted by Gasteiger charge is 2.36. The third-order valence-corrected chi connectivity index (χ3v) is 5.17. The number of nitrogens with two attached hydrogens (primary N) is 1. The minimum Gasteiger partial charge on any atom is -0.480 e. The van der Waals surface area contributed by atoms with Gasteiger partial charge in [0.25, 0.3) is 0 Å². The largest absolute Gasteiger partial charge is 0.480 e. The Morgan fingerprint density at radius 1 is 1.32 bits per heavy atom. The molecule has 1 unspecified atom stereocenters. The van der Waals surface area contributed by atoms with Crippen molar-refractivity contribution in [1.29, 1.82) is 0 Å². The lowest BCUT2D eigenvalue weighted by Crippen LogP contribution is -2.56. The van der Waals surface area contributed by atoms with E-state index in [1.165, 1.54) is 0 Å². The molecule has 7 heteroatoms. The summed E-state index contributed by atoms with van der Waals surface area (Å²) in [5.41, 5.74) is 5.84. The number of carboxylic acids is 1. The van der Waals surface area contributed by atoms with E-state index >= 15 is 0 Å². The van der Waals surface area contributed by atoms with Crippen LogP contribution in [-0.4, -0.2) is 42.2 Å². The van der Waals surface area contributed by atoms with Crippen molar-refractivity contribution in [1.82, 2.24) is 4.90 Å². The van der Waals surface area contributed by atoms with Gasteiger partial charge < -0.3 is 15.7 Å². The van der Waals surface area contributed by atoms with Gasteiger partial charge in [-0.3, -0.25) is 4.79 Å². The van der Waals surface area contributed by atoms with Gasteiger partial charge in [0.05, 0.1) is 0 Å². The van der Waals surface area contributed by atoms with Crippen molar-refractivity contribution in [3.8, 4) is 0 Å². The molecular weight excluding hydrogens is 585 g/mol. The summed E-state index contributed by atoms with van der Waals surface area (Å²) in [6.07, 6.45) is 0.327. The summed E-state index contributed by atoms with van der Waals surface area (Å²) in [7, 11) is 3.66. The second-order valence-corrected chi connectivity index (χ2v) is 8.29. The van der Waals surface area contributed by atoms with Crippen molar-refractivity contribution in [2.24, 2.45) is 5.73 Å². The highest BCUT2D eigenvalue weighted by molar-refractivity contribution is 14.1. The molecule has 4 nitrogen and oxygen atoms in total. The molecule has 0 aliphatic carbocycles. The fraction of sp³-hybridized carbons (Fsp3) is 0.417. The third kappa shape index (κ3) is 4.93. The molecule has 19 heavy (non-hydrogen) atoms. The van der Waals surface area contributed by atoms with Crippen LogP contribution in [0.1, 0.15) is 5.56 Å². The van der Waals surface area contributed by atoms with Crippen LogP contribution in [-0.2, 0) is 11.2 Å². The first kappa shape index (κ1) is 17.9. The van der Waals surface area contributed by atoms with E-state index in [1.54, 1.807) is 4.90 Å². The Morgan fingerprint density at radius 3 is 2.16 bits per heavy atom. The molecule has 1 aromatic carbocycles. The Morgan fingerprint density at radius 2 is 1.79 bits per heavy atom. The van der Waals surface area contributed by atoms with Crippen LogP contribution in [0.4, 0.5) is 0 Å². The average Bonchev–Trinajstić information content (AvgIpc) is 2.22. The van der Waals surface area contributed by atoms with Crippen LogP contribution in [0.15, 0.2) is 12.1 Å². The number of likely N-dealkylation sites (N-methyl/N-ethyl adjacent to an activating group) is 1. The quantitative estimate of drug-likeness (QED) is 0.511. The van der Waals surface area contributed by atoms with E-state index in [1.807, 2.05) is 26.2 Å². The average molecular weight is 600 g/mol. The molecule has 0 spiro atoms. The lowest BCUT2D eigenvalue weighted by Gasteiger charge is -2.29. The van der Waals surface area contributed by atoms with Crippen molar-refractivity contribution in [2.45, 2.75) is 12.0 Å². The third-order valence-electron chi connectivity index (χ3n) is 2.62. The minimum atomic E-state index is -1.27. The van der Waals surface area contributed by atoms with Crippen molar-refractivity contribution in [2.75, 3.05) is 20.6 Å². The molecular formula is C12H15I3N2O2. The van der Waals surface area contributed by atoms with Crippen LogP contribution in [0.3, 0.4) is 0 Å². The van der Waals surface area contributed by atoms with Gasteiger partial charge in [-0.2, -0.15) is 0 Å².